The van der Waals surface area contributed by atoms with E-state index in [0.29, 0.717) is 17.4 Å². The highest BCUT2D eigenvalue weighted by molar-refractivity contribution is 7.47. The molecule has 0 aliphatic carbocycles. The molecule has 9 heteroatoms. The highest BCUT2D eigenvalue weighted by Gasteiger charge is 2.27. The highest BCUT2D eigenvalue weighted by atomic mass is 31.2. The lowest BCUT2D eigenvalue weighted by atomic mass is 10.1. The first kappa shape index (κ1) is 51.9. The number of aliphatic hydroxyl groups is 1. The number of quaternary nitrogens is 1. The summed E-state index contributed by atoms with van der Waals surface area (Å²) in [6, 6.07) is -0.859. The maximum atomic E-state index is 12.8. The minimum Gasteiger partial charge on any atom is -0.387 e. The van der Waals surface area contributed by atoms with Crippen molar-refractivity contribution in [3.63, 3.8) is 0 Å². The van der Waals surface area contributed by atoms with Crippen LogP contribution in [-0.2, 0) is 18.4 Å². The topological polar surface area (TPSA) is 105 Å². The molecule has 0 heterocycles. The van der Waals surface area contributed by atoms with Crippen LogP contribution in [0.2, 0.25) is 0 Å². The fourth-order valence-corrected chi connectivity index (χ4v) is 6.27. The van der Waals surface area contributed by atoms with Gasteiger partial charge in [-0.05, 0) is 64.2 Å². The summed E-state index contributed by atoms with van der Waals surface area (Å²) in [5.74, 6) is -0.201. The van der Waals surface area contributed by atoms with Gasteiger partial charge in [0.15, 0.2) is 0 Å². The van der Waals surface area contributed by atoms with E-state index in [4.69, 9.17) is 9.05 Å². The fraction of sp³-hybridized carbons (Fsp3) is 0.711. The minimum atomic E-state index is -4.34. The van der Waals surface area contributed by atoms with E-state index in [-0.39, 0.29) is 19.1 Å². The van der Waals surface area contributed by atoms with Gasteiger partial charge in [0.2, 0.25) is 5.91 Å². The lowest BCUT2D eigenvalue weighted by Crippen LogP contribution is -2.45. The van der Waals surface area contributed by atoms with Gasteiger partial charge in [0.25, 0.3) is 0 Å². The van der Waals surface area contributed by atoms with E-state index >= 15 is 0 Å². The normalized spacial score (nSPS) is 15.2. The van der Waals surface area contributed by atoms with Crippen LogP contribution in [0.4, 0.5) is 0 Å². The van der Waals surface area contributed by atoms with Crippen LogP contribution in [0.3, 0.4) is 0 Å². The van der Waals surface area contributed by atoms with E-state index in [1.54, 1.807) is 6.08 Å². The second kappa shape index (κ2) is 36.6. The Balaban J connectivity index is 4.45. The van der Waals surface area contributed by atoms with Crippen LogP contribution >= 0.6 is 7.82 Å². The molecule has 0 aromatic heterocycles. The number of unbranched alkanes of at least 4 members (excludes halogenated alkanes) is 14. The van der Waals surface area contributed by atoms with Gasteiger partial charge >= 0.3 is 7.82 Å². The molecule has 54 heavy (non-hydrogen) atoms. The summed E-state index contributed by atoms with van der Waals surface area (Å²) < 4.78 is 23.5. The predicted octanol–water partition coefficient (Wildman–Crippen LogP) is 11.6. The summed E-state index contributed by atoms with van der Waals surface area (Å²) in [7, 11) is 1.54. The van der Waals surface area contributed by atoms with E-state index in [9.17, 15) is 19.4 Å². The van der Waals surface area contributed by atoms with E-state index in [1.807, 2.05) is 27.2 Å². The Hall–Kier alpha value is -2.06. The highest BCUT2D eigenvalue weighted by Crippen LogP contribution is 2.43. The smallest absolute Gasteiger partial charge is 0.387 e. The number of nitrogens with one attached hydrogen (secondary N) is 1. The third-order valence-electron chi connectivity index (χ3n) is 8.93. The van der Waals surface area contributed by atoms with Crippen molar-refractivity contribution in [1.82, 2.24) is 5.32 Å². The molecule has 0 saturated heterocycles. The number of rotatable bonds is 37. The van der Waals surface area contributed by atoms with Crippen LogP contribution in [0, 0.1) is 0 Å². The van der Waals surface area contributed by atoms with Crippen molar-refractivity contribution in [2.45, 2.75) is 167 Å². The van der Waals surface area contributed by atoms with Crippen molar-refractivity contribution in [1.29, 1.82) is 0 Å². The number of hydrogen-bond acceptors (Lipinski definition) is 5. The van der Waals surface area contributed by atoms with Gasteiger partial charge in [0.05, 0.1) is 39.9 Å². The molecule has 0 bridgehead atoms. The molecule has 8 nitrogen and oxygen atoms in total. The monoisotopic (exact) mass is 778 g/mol. The Bertz CT molecular complexity index is 1110. The van der Waals surface area contributed by atoms with Gasteiger partial charge in [-0.15, -0.1) is 0 Å². The van der Waals surface area contributed by atoms with Crippen molar-refractivity contribution < 1.29 is 32.9 Å². The number of aliphatic hydroxyl groups excluding tert-OH is 1. The maximum absolute atomic E-state index is 12.8. The molecule has 0 aromatic carbocycles. The second-order valence-electron chi connectivity index (χ2n) is 15.3. The molecule has 0 aromatic rings. The van der Waals surface area contributed by atoms with E-state index < -0.39 is 20.0 Å². The zero-order chi connectivity index (χ0) is 40.0. The number of phosphoric ester groups is 1. The summed E-state index contributed by atoms with van der Waals surface area (Å²) in [6.45, 7) is 4.64. The molecule has 0 aliphatic rings. The largest absolute Gasteiger partial charge is 0.472 e. The molecular formula is C45H82N2O6P+. The van der Waals surface area contributed by atoms with Crippen LogP contribution in [0.15, 0.2) is 72.9 Å². The van der Waals surface area contributed by atoms with E-state index in [0.717, 1.165) is 89.9 Å². The lowest BCUT2D eigenvalue weighted by Gasteiger charge is -2.25. The fourth-order valence-electron chi connectivity index (χ4n) is 5.54. The van der Waals surface area contributed by atoms with Gasteiger partial charge in [-0.3, -0.25) is 13.8 Å². The number of hydrogen-bond donors (Lipinski definition) is 3. The van der Waals surface area contributed by atoms with Gasteiger partial charge in [-0.1, -0.05) is 157 Å². The number of amides is 1. The number of allylic oxidation sites excluding steroid dienone is 11. The molecule has 0 radical (unpaired) electrons. The van der Waals surface area contributed by atoms with E-state index in [1.165, 1.54) is 44.9 Å². The zero-order valence-corrected chi connectivity index (χ0v) is 36.1. The standard InChI is InChI=1S/C45H81N2O6P/c1-6-8-10-12-14-16-18-19-20-21-22-23-24-25-26-27-29-31-33-35-37-39-45(49)46-43(42-53-54(50,51)52-41-40-47(3,4)5)44(48)38-36-34-32-30-28-17-15-13-11-9-7-2/h8,10,14,16,19-20,22-23,25-26,36,38,43-44,48H,6-7,9,11-13,15,17-18,21,24,27-35,37,39-42H2,1-5H3,(H-,46,49,50,51)/p+1/b10-8-,16-14-,20-19-,23-22-,26-25-,38-36+. The molecule has 1 amide bonds. The molecule has 3 unspecified atom stereocenters. The number of carbonyl (C=O) groups excluding carboxylic acids is 1. The maximum Gasteiger partial charge on any atom is 0.472 e. The Morgan fingerprint density at radius 2 is 1.11 bits per heavy atom. The Morgan fingerprint density at radius 1 is 0.648 bits per heavy atom. The van der Waals surface area contributed by atoms with Gasteiger partial charge in [-0.25, -0.2) is 4.57 Å². The molecule has 0 rings (SSSR count). The molecule has 3 N–H and O–H groups in total. The number of phosphoric acid groups is 1. The quantitative estimate of drug-likeness (QED) is 0.0251. The average Bonchev–Trinajstić information content (AvgIpc) is 3.12. The number of nitrogens with zero attached hydrogens (tertiary/aromatic N) is 1. The Morgan fingerprint density at radius 3 is 1.63 bits per heavy atom. The van der Waals surface area contributed by atoms with Crippen LogP contribution in [-0.4, -0.2) is 73.4 Å². The van der Waals surface area contributed by atoms with Gasteiger partial charge in [-0.2, -0.15) is 0 Å². The molecule has 0 aliphatic heterocycles. The lowest BCUT2D eigenvalue weighted by molar-refractivity contribution is -0.870. The SMILES string of the molecule is CC/C=C\C/C=C\C/C=C\C/C=C\C/C=C\CCCCCCCC(=O)NC(COP(=O)(O)OCC[N+](C)(C)C)C(O)/C=C/CCCCCCCCCCC. The zero-order valence-electron chi connectivity index (χ0n) is 35.2. The van der Waals surface area contributed by atoms with Crippen molar-refractivity contribution in [2.75, 3.05) is 40.9 Å². The molecule has 3 atom stereocenters. The van der Waals surface area contributed by atoms with Gasteiger partial charge in [0.1, 0.15) is 13.2 Å². The molecule has 0 spiro atoms. The van der Waals surface area contributed by atoms with Gasteiger partial charge < -0.3 is 19.8 Å². The third-order valence-corrected chi connectivity index (χ3v) is 9.92. The van der Waals surface area contributed by atoms with Crippen LogP contribution in [0.1, 0.15) is 155 Å². The summed E-state index contributed by atoms with van der Waals surface area (Å²) in [6.07, 6.45) is 48.2. The molecule has 312 valence electrons. The third kappa shape index (κ3) is 38.2. The Labute approximate surface area is 332 Å². The first-order valence-corrected chi connectivity index (χ1v) is 22.8. The Kier molecular flexibility index (Phi) is 35.2. The summed E-state index contributed by atoms with van der Waals surface area (Å²) in [5, 5.41) is 13.8. The van der Waals surface area contributed by atoms with Crippen LogP contribution in [0.25, 0.3) is 0 Å². The second-order valence-corrected chi connectivity index (χ2v) is 16.8. The van der Waals surface area contributed by atoms with Crippen molar-refractivity contribution >= 4 is 13.7 Å². The van der Waals surface area contributed by atoms with E-state index in [2.05, 4.69) is 79.9 Å². The molecular weight excluding hydrogens is 695 g/mol. The van der Waals surface area contributed by atoms with Crippen LogP contribution in [0.5, 0.6) is 0 Å². The molecule has 0 saturated carbocycles. The average molecular weight is 778 g/mol. The van der Waals surface area contributed by atoms with Crippen molar-refractivity contribution in [3.8, 4) is 0 Å². The van der Waals surface area contributed by atoms with Crippen molar-refractivity contribution in [3.05, 3.63) is 72.9 Å². The first-order chi connectivity index (χ1) is 26.0. The minimum absolute atomic E-state index is 0.0534. The predicted molar refractivity (Wildman–Crippen MR) is 230 cm³/mol. The summed E-state index contributed by atoms with van der Waals surface area (Å²) in [5.41, 5.74) is 0. The van der Waals surface area contributed by atoms with Gasteiger partial charge in [0, 0.05) is 6.42 Å². The number of likely N-dealkylation sites (N-methyl/N-ethyl adjacent to an activating group) is 1. The van der Waals surface area contributed by atoms with Crippen molar-refractivity contribution in [2.24, 2.45) is 0 Å². The summed E-state index contributed by atoms with van der Waals surface area (Å²) in [4.78, 5) is 23.1. The molecule has 0 fully saturated rings. The summed E-state index contributed by atoms with van der Waals surface area (Å²) >= 11 is 0. The van der Waals surface area contributed by atoms with Crippen LogP contribution < -0.4 is 5.32 Å². The first-order valence-electron chi connectivity index (χ1n) is 21.3. The number of carbonyl (C=O) groups is 1.